The molecule has 1 aliphatic heterocycles. The first-order valence-electron chi connectivity index (χ1n) is 6.19. The largest absolute Gasteiger partial charge is 0.487 e. The van der Waals surface area contributed by atoms with Crippen LogP contribution < -0.4 is 9.47 Å². The summed E-state index contributed by atoms with van der Waals surface area (Å²) in [6.07, 6.45) is -0.425. The van der Waals surface area contributed by atoms with Gasteiger partial charge in [-0.25, -0.2) is 4.79 Å². The lowest BCUT2D eigenvalue weighted by molar-refractivity contribution is -0.144. The predicted molar refractivity (Wildman–Crippen MR) is 67.8 cm³/mol. The van der Waals surface area contributed by atoms with Crippen molar-refractivity contribution in [3.8, 4) is 11.5 Å². The maximum atomic E-state index is 10.9. The van der Waals surface area contributed by atoms with Crippen LogP contribution >= 0.6 is 0 Å². The molecule has 0 fully saturated rings. The minimum atomic E-state index is -0.957. The third kappa shape index (κ3) is 2.45. The molecule has 1 aromatic carbocycles. The summed E-state index contributed by atoms with van der Waals surface area (Å²) in [6, 6.07) is 7.11. The van der Waals surface area contributed by atoms with Crippen molar-refractivity contribution < 1.29 is 23.9 Å². The Kier molecular flexibility index (Phi) is 3.06. The minimum absolute atomic E-state index is 0.290. The van der Waals surface area contributed by atoms with E-state index in [0.717, 1.165) is 11.3 Å². The standard InChI is InChI=1S/C14H13NO5/c1-8-4-10(15-20-8)7-18-11-3-2-9-5-13(14(16)17)19-12(9)6-11/h2-4,6,13H,5,7H2,1H3,(H,16,17). The van der Waals surface area contributed by atoms with Gasteiger partial charge in [-0.1, -0.05) is 11.2 Å². The van der Waals surface area contributed by atoms with Crippen molar-refractivity contribution in [1.82, 2.24) is 5.16 Å². The first-order chi connectivity index (χ1) is 9.61. The Labute approximate surface area is 114 Å². The molecule has 3 rings (SSSR count). The van der Waals surface area contributed by atoms with Crippen LogP contribution in [0.1, 0.15) is 17.0 Å². The van der Waals surface area contributed by atoms with Gasteiger partial charge in [0.15, 0.2) is 6.10 Å². The van der Waals surface area contributed by atoms with Crippen LogP contribution in [0.5, 0.6) is 11.5 Å². The minimum Gasteiger partial charge on any atom is -0.487 e. The van der Waals surface area contributed by atoms with E-state index in [9.17, 15) is 4.79 Å². The van der Waals surface area contributed by atoms with Crippen molar-refractivity contribution >= 4 is 5.97 Å². The van der Waals surface area contributed by atoms with Crippen molar-refractivity contribution in [3.05, 3.63) is 41.3 Å². The number of carboxylic acid groups (broad SMARTS) is 1. The van der Waals surface area contributed by atoms with E-state index in [-0.39, 0.29) is 0 Å². The number of aliphatic carboxylic acids is 1. The fourth-order valence-electron chi connectivity index (χ4n) is 2.08. The number of carbonyl (C=O) groups is 1. The van der Waals surface area contributed by atoms with Crippen LogP contribution in [-0.2, 0) is 17.8 Å². The summed E-state index contributed by atoms with van der Waals surface area (Å²) in [5.41, 5.74) is 1.58. The lowest BCUT2D eigenvalue weighted by atomic mass is 10.1. The number of carboxylic acids is 1. The number of hydrogen-bond acceptors (Lipinski definition) is 5. The van der Waals surface area contributed by atoms with Crippen molar-refractivity contribution in [1.29, 1.82) is 0 Å². The van der Waals surface area contributed by atoms with Crippen molar-refractivity contribution in [2.45, 2.75) is 26.1 Å². The van der Waals surface area contributed by atoms with E-state index in [0.29, 0.717) is 30.2 Å². The first-order valence-corrected chi connectivity index (χ1v) is 6.19. The number of nitrogens with zero attached hydrogens (tertiary/aromatic N) is 1. The monoisotopic (exact) mass is 275 g/mol. The van der Waals surface area contributed by atoms with E-state index in [1.165, 1.54) is 0 Å². The fourth-order valence-corrected chi connectivity index (χ4v) is 2.08. The molecule has 1 N–H and O–H groups in total. The highest BCUT2D eigenvalue weighted by molar-refractivity contribution is 5.74. The molecular weight excluding hydrogens is 262 g/mol. The lowest BCUT2D eigenvalue weighted by Gasteiger charge is -2.06. The number of aryl methyl sites for hydroxylation is 1. The molecule has 0 amide bonds. The van der Waals surface area contributed by atoms with E-state index in [1.54, 1.807) is 18.2 Å². The molecule has 2 heterocycles. The Morgan fingerprint density at radius 1 is 1.50 bits per heavy atom. The molecule has 1 aliphatic rings. The third-order valence-corrected chi connectivity index (χ3v) is 3.05. The van der Waals surface area contributed by atoms with Crippen molar-refractivity contribution in [2.24, 2.45) is 0 Å². The molecular formula is C14H13NO5. The molecule has 0 saturated carbocycles. The smallest absolute Gasteiger partial charge is 0.345 e. The van der Waals surface area contributed by atoms with Gasteiger partial charge in [0.05, 0.1) is 0 Å². The second kappa shape index (κ2) is 4.88. The van der Waals surface area contributed by atoms with Gasteiger partial charge in [0.1, 0.15) is 29.6 Å². The molecule has 0 saturated heterocycles. The molecule has 6 heteroatoms. The lowest BCUT2D eigenvalue weighted by Crippen LogP contribution is -2.24. The van der Waals surface area contributed by atoms with Crippen LogP contribution in [0.4, 0.5) is 0 Å². The third-order valence-electron chi connectivity index (χ3n) is 3.05. The van der Waals surface area contributed by atoms with E-state index < -0.39 is 12.1 Å². The summed E-state index contributed by atoms with van der Waals surface area (Å²) in [4.78, 5) is 10.9. The molecule has 6 nitrogen and oxygen atoms in total. The van der Waals surface area contributed by atoms with Gasteiger partial charge in [-0.3, -0.25) is 0 Å². The van der Waals surface area contributed by atoms with Gasteiger partial charge in [-0.15, -0.1) is 0 Å². The Morgan fingerprint density at radius 2 is 2.35 bits per heavy atom. The summed E-state index contributed by atoms with van der Waals surface area (Å²) < 4.78 is 15.9. The zero-order valence-corrected chi connectivity index (χ0v) is 10.8. The summed E-state index contributed by atoms with van der Waals surface area (Å²) in [7, 11) is 0. The van der Waals surface area contributed by atoms with Crippen LogP contribution in [-0.4, -0.2) is 22.3 Å². The van der Waals surface area contributed by atoms with Gasteiger partial charge in [0, 0.05) is 18.6 Å². The average molecular weight is 275 g/mol. The maximum absolute atomic E-state index is 10.9. The van der Waals surface area contributed by atoms with Gasteiger partial charge in [-0.2, -0.15) is 0 Å². The van der Waals surface area contributed by atoms with E-state index in [4.69, 9.17) is 19.1 Å². The van der Waals surface area contributed by atoms with Crippen LogP contribution in [0.3, 0.4) is 0 Å². The zero-order chi connectivity index (χ0) is 14.1. The Balaban J connectivity index is 1.68. The summed E-state index contributed by atoms with van der Waals surface area (Å²) >= 11 is 0. The molecule has 2 aromatic rings. The summed E-state index contributed by atoms with van der Waals surface area (Å²) in [5, 5.41) is 12.8. The topological polar surface area (TPSA) is 81.8 Å². The number of ether oxygens (including phenoxy) is 2. The summed E-state index contributed by atoms with van der Waals surface area (Å²) in [5.74, 6) is 0.939. The zero-order valence-electron chi connectivity index (χ0n) is 10.8. The van der Waals surface area contributed by atoms with E-state index in [2.05, 4.69) is 5.16 Å². The molecule has 1 aromatic heterocycles. The van der Waals surface area contributed by atoms with Gasteiger partial charge in [0.25, 0.3) is 0 Å². The molecule has 20 heavy (non-hydrogen) atoms. The molecule has 0 radical (unpaired) electrons. The van der Waals surface area contributed by atoms with Crippen LogP contribution in [0, 0.1) is 6.92 Å². The second-order valence-electron chi connectivity index (χ2n) is 4.64. The molecule has 1 atom stereocenters. The van der Waals surface area contributed by atoms with Crippen molar-refractivity contribution in [3.63, 3.8) is 0 Å². The highest BCUT2D eigenvalue weighted by Crippen LogP contribution is 2.32. The van der Waals surface area contributed by atoms with Gasteiger partial charge in [0.2, 0.25) is 0 Å². The van der Waals surface area contributed by atoms with Gasteiger partial charge in [-0.05, 0) is 18.6 Å². The Hall–Kier alpha value is -2.50. The Bertz CT molecular complexity index is 649. The van der Waals surface area contributed by atoms with Crippen LogP contribution in [0.25, 0.3) is 0 Å². The Morgan fingerprint density at radius 3 is 3.05 bits per heavy atom. The fraction of sp³-hybridized carbons (Fsp3) is 0.286. The molecule has 0 bridgehead atoms. The second-order valence-corrected chi connectivity index (χ2v) is 4.64. The van der Waals surface area contributed by atoms with E-state index in [1.807, 2.05) is 13.0 Å². The van der Waals surface area contributed by atoms with Gasteiger partial charge >= 0.3 is 5.97 Å². The molecule has 0 aliphatic carbocycles. The quantitative estimate of drug-likeness (QED) is 0.918. The van der Waals surface area contributed by atoms with Crippen LogP contribution in [0.2, 0.25) is 0 Å². The van der Waals surface area contributed by atoms with Crippen LogP contribution in [0.15, 0.2) is 28.8 Å². The highest BCUT2D eigenvalue weighted by Gasteiger charge is 2.28. The SMILES string of the molecule is Cc1cc(COc2ccc3c(c2)OC(C(=O)O)C3)no1. The molecule has 1 unspecified atom stereocenters. The number of benzene rings is 1. The average Bonchev–Trinajstić information content (AvgIpc) is 3.01. The number of rotatable bonds is 4. The number of fused-ring (bicyclic) bond motifs is 1. The maximum Gasteiger partial charge on any atom is 0.345 e. The first kappa shape index (κ1) is 12.5. The number of aromatic nitrogens is 1. The highest BCUT2D eigenvalue weighted by atomic mass is 16.5. The number of hydrogen-bond donors (Lipinski definition) is 1. The van der Waals surface area contributed by atoms with E-state index >= 15 is 0 Å². The molecule has 104 valence electrons. The van der Waals surface area contributed by atoms with Crippen molar-refractivity contribution in [2.75, 3.05) is 0 Å². The molecule has 0 spiro atoms. The predicted octanol–water partition coefficient (Wildman–Crippen LogP) is 1.95. The normalized spacial score (nSPS) is 16.6. The summed E-state index contributed by atoms with van der Waals surface area (Å²) in [6.45, 7) is 2.10. The van der Waals surface area contributed by atoms with Gasteiger partial charge < -0.3 is 19.1 Å².